The van der Waals surface area contributed by atoms with E-state index >= 15 is 0 Å². The van der Waals surface area contributed by atoms with Crippen molar-refractivity contribution in [2.75, 3.05) is 7.11 Å². The summed E-state index contributed by atoms with van der Waals surface area (Å²) in [4.78, 5) is 0. The summed E-state index contributed by atoms with van der Waals surface area (Å²) in [6.07, 6.45) is 0. The first-order chi connectivity index (χ1) is 4.84. The van der Waals surface area contributed by atoms with Crippen LogP contribution in [0.15, 0.2) is 30.3 Å². The van der Waals surface area contributed by atoms with Crippen molar-refractivity contribution in [2.45, 2.75) is 0 Å². The molecule has 0 unspecified atom stereocenters. The third kappa shape index (κ3) is 3.59. The van der Waals surface area contributed by atoms with Crippen molar-refractivity contribution in [3.8, 4) is 0 Å². The van der Waals surface area contributed by atoms with Crippen LogP contribution in [0.2, 0.25) is 0 Å². The molecule has 2 radical (unpaired) electrons. The van der Waals surface area contributed by atoms with Crippen LogP contribution in [0.1, 0.15) is 5.56 Å². The van der Waals surface area contributed by atoms with Gasteiger partial charge in [-0.25, -0.2) is 0 Å². The van der Waals surface area contributed by atoms with Gasteiger partial charge in [-0.3, -0.25) is 0 Å². The maximum absolute atomic E-state index is 5.06. The summed E-state index contributed by atoms with van der Waals surface area (Å²) in [6.45, 7) is 0. The smallest absolute Gasteiger partial charge is 0 e. The molecule has 0 aliphatic heterocycles. The zero-order chi connectivity index (χ0) is 7.40. The first-order valence-corrected chi connectivity index (χ1v) is 4.14. The molecule has 0 bridgehead atoms. The van der Waals surface area contributed by atoms with Crippen molar-refractivity contribution in [3.05, 3.63) is 35.9 Å². The van der Waals surface area contributed by atoms with Crippen LogP contribution in [0.4, 0.5) is 0 Å². The summed E-state index contributed by atoms with van der Waals surface area (Å²) in [7, 11) is 1.69. The van der Waals surface area contributed by atoms with E-state index in [1.807, 2.05) is 52.2 Å². The summed E-state index contributed by atoms with van der Waals surface area (Å²) in [5, 5.41) is 0. The van der Waals surface area contributed by atoms with Crippen LogP contribution >= 0.6 is 0 Å². The fourth-order valence-corrected chi connectivity index (χ4v) is 1.08. The predicted molar refractivity (Wildman–Crippen MR) is 49.1 cm³/mol. The molecule has 3 heteroatoms. The minimum absolute atomic E-state index is 0. The zero-order valence-corrected chi connectivity index (χ0v) is 10.8. The van der Waals surface area contributed by atoms with E-state index in [-0.39, 0.29) is 23.7 Å². The number of ether oxygens (including phenoxy) is 1. The SMILES string of the molecule is COC(=[Te])c1ccccc1.[Te]. The topological polar surface area (TPSA) is 9.23 Å². The van der Waals surface area contributed by atoms with Crippen LogP contribution in [0.25, 0.3) is 0 Å². The van der Waals surface area contributed by atoms with Crippen LogP contribution < -0.4 is 0 Å². The van der Waals surface area contributed by atoms with Gasteiger partial charge in [0.25, 0.3) is 0 Å². The molecule has 0 heterocycles. The molecule has 0 spiro atoms. The van der Waals surface area contributed by atoms with Crippen LogP contribution in [0.3, 0.4) is 0 Å². The fraction of sp³-hybridized carbons (Fsp3) is 0.125. The van der Waals surface area contributed by atoms with Crippen LogP contribution in [-0.2, 0) is 4.74 Å². The van der Waals surface area contributed by atoms with E-state index in [9.17, 15) is 0 Å². The van der Waals surface area contributed by atoms with E-state index in [4.69, 9.17) is 4.74 Å². The van der Waals surface area contributed by atoms with Gasteiger partial charge in [0, 0.05) is 23.7 Å². The van der Waals surface area contributed by atoms with E-state index in [2.05, 4.69) is 0 Å². The summed E-state index contributed by atoms with van der Waals surface area (Å²) >= 11 is 1.88. The minimum Gasteiger partial charge on any atom is 0 e. The third-order valence-electron chi connectivity index (χ3n) is 1.19. The largest absolute Gasteiger partial charge is 0 e. The van der Waals surface area contributed by atoms with Crippen molar-refractivity contribution in [2.24, 2.45) is 0 Å². The molecule has 11 heavy (non-hydrogen) atoms. The molecule has 1 nitrogen and oxygen atoms in total. The van der Waals surface area contributed by atoms with Crippen molar-refractivity contribution in [1.82, 2.24) is 0 Å². The fourth-order valence-electron chi connectivity index (χ4n) is 0.692. The Morgan fingerprint density at radius 3 is 2.27 bits per heavy atom. The van der Waals surface area contributed by atoms with Crippen molar-refractivity contribution in [1.29, 1.82) is 0 Å². The van der Waals surface area contributed by atoms with Gasteiger partial charge in [0.05, 0.1) is 0 Å². The normalized spacial score (nSPS) is 8.09. The number of hydrogen-bond acceptors (Lipinski definition) is 1. The Morgan fingerprint density at radius 2 is 1.82 bits per heavy atom. The first kappa shape index (κ1) is 11.5. The summed E-state index contributed by atoms with van der Waals surface area (Å²) in [5.41, 5.74) is 1.15. The number of hydrogen-bond donors (Lipinski definition) is 0. The van der Waals surface area contributed by atoms with E-state index < -0.39 is 0 Å². The maximum atomic E-state index is 5.06. The Kier molecular flexibility index (Phi) is 6.30. The van der Waals surface area contributed by atoms with Crippen LogP contribution in [0, 0.1) is 0 Å². The Bertz CT molecular complexity index is 221. The monoisotopic (exact) mass is 380 g/mol. The Morgan fingerprint density at radius 1 is 1.27 bits per heavy atom. The summed E-state index contributed by atoms with van der Waals surface area (Å²) < 4.78 is 6.03. The van der Waals surface area contributed by atoms with E-state index in [0.717, 1.165) is 9.30 Å². The molecule has 58 valence electrons. The second-order valence-corrected chi connectivity index (χ2v) is 2.92. The molecule has 1 aromatic carbocycles. The summed E-state index contributed by atoms with van der Waals surface area (Å²) in [5.74, 6) is 0. The van der Waals surface area contributed by atoms with Gasteiger partial charge in [-0.2, -0.15) is 0 Å². The van der Waals surface area contributed by atoms with E-state index in [1.165, 1.54) is 0 Å². The standard InChI is InChI=1S/C8H8OTe.Te/c1-9-8(10)7-5-3-2-4-6-7;/h2-6H,1H3;. The molecule has 0 saturated carbocycles. The van der Waals surface area contributed by atoms with Gasteiger partial charge in [0.15, 0.2) is 0 Å². The van der Waals surface area contributed by atoms with Gasteiger partial charge in [0.2, 0.25) is 0 Å². The van der Waals surface area contributed by atoms with Gasteiger partial charge in [0.1, 0.15) is 0 Å². The molecule has 0 aliphatic carbocycles. The second kappa shape index (κ2) is 6.04. The van der Waals surface area contributed by atoms with Gasteiger partial charge >= 0.3 is 73.3 Å². The Labute approximate surface area is 96.3 Å². The Balaban J connectivity index is 0.000001000. The molecule has 1 aromatic rings. The molecule has 0 fully saturated rings. The average Bonchev–Trinajstić information content (AvgIpc) is 2.05. The van der Waals surface area contributed by atoms with E-state index in [1.54, 1.807) is 7.11 Å². The van der Waals surface area contributed by atoms with Crippen LogP contribution in [-0.4, -0.2) is 56.3 Å². The maximum Gasteiger partial charge on any atom is 0 e. The average molecular weight is 375 g/mol. The molecule has 1 rings (SSSR count). The van der Waals surface area contributed by atoms with Gasteiger partial charge in [-0.15, -0.1) is 0 Å². The molecule has 0 amide bonds. The van der Waals surface area contributed by atoms with Crippen molar-refractivity contribution < 1.29 is 4.74 Å². The molecule has 0 N–H and O–H groups in total. The Hall–Kier alpha value is 0.469. The number of methoxy groups -OCH3 is 1. The molecule has 0 saturated heterocycles. The molecule has 0 atom stereocenters. The number of rotatable bonds is 2. The number of benzene rings is 1. The van der Waals surface area contributed by atoms with Gasteiger partial charge in [-0.05, 0) is 0 Å². The minimum atomic E-state index is 0. The zero-order valence-electron chi connectivity index (χ0n) is 6.11. The van der Waals surface area contributed by atoms with E-state index in [0.29, 0.717) is 0 Å². The molecular formula is C8H8OTe2. The van der Waals surface area contributed by atoms with Crippen molar-refractivity contribution in [3.63, 3.8) is 0 Å². The first-order valence-electron chi connectivity index (χ1n) is 2.98. The van der Waals surface area contributed by atoms with Gasteiger partial charge < -0.3 is 0 Å². The van der Waals surface area contributed by atoms with Crippen molar-refractivity contribution >= 4 is 49.2 Å². The molecular weight excluding hydrogens is 367 g/mol. The molecule has 0 aromatic heterocycles. The predicted octanol–water partition coefficient (Wildman–Crippen LogP) is 0.599. The quantitative estimate of drug-likeness (QED) is 0.688. The van der Waals surface area contributed by atoms with Gasteiger partial charge in [-0.1, -0.05) is 0 Å². The third-order valence-corrected chi connectivity index (χ3v) is 2.34. The van der Waals surface area contributed by atoms with Crippen LogP contribution in [0.5, 0.6) is 0 Å². The second-order valence-electron chi connectivity index (χ2n) is 1.86. The summed E-state index contributed by atoms with van der Waals surface area (Å²) in [6, 6.07) is 10.1. The molecule has 0 aliphatic rings.